The van der Waals surface area contributed by atoms with E-state index in [-0.39, 0.29) is 12.3 Å². The summed E-state index contributed by atoms with van der Waals surface area (Å²) in [5, 5.41) is 7.09. The van der Waals surface area contributed by atoms with Gasteiger partial charge < -0.3 is 14.2 Å². The highest BCUT2D eigenvalue weighted by molar-refractivity contribution is 9.10. The summed E-state index contributed by atoms with van der Waals surface area (Å²) in [6.07, 6.45) is 0.482. The van der Waals surface area contributed by atoms with Crippen LogP contribution in [0.15, 0.2) is 76.3 Å². The van der Waals surface area contributed by atoms with E-state index in [1.54, 1.807) is 14.2 Å². The van der Waals surface area contributed by atoms with Crippen LogP contribution in [0.3, 0.4) is 0 Å². The molecule has 3 aromatic carbocycles. The van der Waals surface area contributed by atoms with E-state index in [0.717, 1.165) is 50.5 Å². The second-order valence-corrected chi connectivity index (χ2v) is 8.19. The van der Waals surface area contributed by atoms with Crippen LogP contribution >= 0.6 is 15.9 Å². The molecule has 2 aliphatic heterocycles. The number of halogens is 1. The van der Waals surface area contributed by atoms with Crippen LogP contribution < -0.4 is 14.2 Å². The minimum Gasteiger partial charge on any atom is -0.497 e. The Bertz CT molecular complexity index is 1110. The first-order valence-electron chi connectivity index (χ1n) is 9.77. The summed E-state index contributed by atoms with van der Waals surface area (Å²) in [6, 6.07) is 22.4. The van der Waals surface area contributed by atoms with Gasteiger partial charge in [-0.1, -0.05) is 46.3 Å². The van der Waals surface area contributed by atoms with Crippen LogP contribution in [-0.2, 0) is 0 Å². The molecule has 0 N–H and O–H groups in total. The highest BCUT2D eigenvalue weighted by Gasteiger charge is 2.41. The molecule has 5 nitrogen and oxygen atoms in total. The van der Waals surface area contributed by atoms with Gasteiger partial charge in [-0.2, -0.15) is 5.10 Å². The van der Waals surface area contributed by atoms with Crippen LogP contribution in [0.2, 0.25) is 0 Å². The number of nitrogens with zero attached hydrogens (tertiary/aromatic N) is 2. The van der Waals surface area contributed by atoms with Crippen molar-refractivity contribution >= 4 is 21.6 Å². The maximum absolute atomic E-state index is 6.40. The standard InChI is InChI=1S/C24H21BrN2O3/c1-28-17-11-12-18(23(13-17)29-2)20-14-21-19-5-3-4-6-22(19)30-24(27(21)26-20)15-7-9-16(25)10-8-15/h3-13,21,24H,14H2,1-2H3/t21-,24-/m1/s1. The quantitative estimate of drug-likeness (QED) is 0.495. The topological polar surface area (TPSA) is 43.3 Å². The van der Waals surface area contributed by atoms with E-state index >= 15 is 0 Å². The van der Waals surface area contributed by atoms with E-state index in [4.69, 9.17) is 19.3 Å². The number of fused-ring (bicyclic) bond motifs is 3. The second-order valence-electron chi connectivity index (χ2n) is 7.27. The van der Waals surface area contributed by atoms with Crippen molar-refractivity contribution in [2.75, 3.05) is 14.2 Å². The Morgan fingerprint density at radius 3 is 2.57 bits per heavy atom. The van der Waals surface area contributed by atoms with Crippen LogP contribution in [0.4, 0.5) is 0 Å². The van der Waals surface area contributed by atoms with Gasteiger partial charge in [0.2, 0.25) is 6.23 Å². The summed E-state index contributed by atoms with van der Waals surface area (Å²) < 4.78 is 18.4. The summed E-state index contributed by atoms with van der Waals surface area (Å²) in [5.41, 5.74) is 4.16. The normalized spacial score (nSPS) is 19.4. The third-order valence-electron chi connectivity index (χ3n) is 5.57. The van der Waals surface area contributed by atoms with Gasteiger partial charge in [-0.25, -0.2) is 5.01 Å². The second kappa shape index (κ2) is 7.69. The van der Waals surface area contributed by atoms with Gasteiger partial charge in [-0.05, 0) is 30.3 Å². The first-order valence-corrected chi connectivity index (χ1v) is 10.6. The maximum atomic E-state index is 6.40. The Labute approximate surface area is 184 Å². The molecule has 3 aromatic rings. The predicted octanol–water partition coefficient (Wildman–Crippen LogP) is 5.71. The number of methoxy groups -OCH3 is 2. The molecule has 0 aliphatic carbocycles. The van der Waals surface area contributed by atoms with Crippen molar-refractivity contribution in [1.82, 2.24) is 5.01 Å². The first kappa shape index (κ1) is 19.0. The molecule has 0 amide bonds. The lowest BCUT2D eigenvalue weighted by atomic mass is 9.95. The minimum atomic E-state index is -0.292. The molecule has 2 heterocycles. The molecule has 0 bridgehead atoms. The van der Waals surface area contributed by atoms with Gasteiger partial charge >= 0.3 is 0 Å². The Morgan fingerprint density at radius 1 is 1.00 bits per heavy atom. The van der Waals surface area contributed by atoms with Crippen LogP contribution in [0, 0.1) is 0 Å². The summed E-state index contributed by atoms with van der Waals surface area (Å²) in [7, 11) is 3.32. The molecular weight excluding hydrogens is 444 g/mol. The molecule has 0 spiro atoms. The van der Waals surface area contributed by atoms with E-state index in [2.05, 4.69) is 39.1 Å². The molecule has 2 aliphatic rings. The van der Waals surface area contributed by atoms with Crippen LogP contribution in [0.1, 0.15) is 35.4 Å². The van der Waals surface area contributed by atoms with Gasteiger partial charge in [0.1, 0.15) is 17.2 Å². The molecule has 0 unspecified atom stereocenters. The van der Waals surface area contributed by atoms with Gasteiger partial charge in [-0.15, -0.1) is 0 Å². The number of hydrogen-bond acceptors (Lipinski definition) is 5. The first-order chi connectivity index (χ1) is 14.7. The molecule has 6 heteroatoms. The number of ether oxygens (including phenoxy) is 3. The molecule has 0 saturated heterocycles. The van der Waals surface area contributed by atoms with Crippen molar-refractivity contribution in [3.05, 3.63) is 87.9 Å². The molecule has 152 valence electrons. The van der Waals surface area contributed by atoms with Crippen molar-refractivity contribution in [3.8, 4) is 17.2 Å². The molecule has 30 heavy (non-hydrogen) atoms. The zero-order valence-electron chi connectivity index (χ0n) is 16.7. The minimum absolute atomic E-state index is 0.102. The smallest absolute Gasteiger partial charge is 0.213 e. The Balaban J connectivity index is 1.59. The molecule has 2 atom stereocenters. The van der Waals surface area contributed by atoms with Crippen molar-refractivity contribution in [3.63, 3.8) is 0 Å². The van der Waals surface area contributed by atoms with E-state index in [0.29, 0.717) is 0 Å². The summed E-state index contributed by atoms with van der Waals surface area (Å²) >= 11 is 3.51. The van der Waals surface area contributed by atoms with Gasteiger partial charge in [0.25, 0.3) is 0 Å². The number of hydrazone groups is 1. The maximum Gasteiger partial charge on any atom is 0.213 e. The van der Waals surface area contributed by atoms with E-state index in [9.17, 15) is 0 Å². The molecule has 0 radical (unpaired) electrons. The molecule has 5 rings (SSSR count). The van der Waals surface area contributed by atoms with E-state index < -0.39 is 0 Å². The average molecular weight is 465 g/mol. The third kappa shape index (κ3) is 3.21. The van der Waals surface area contributed by atoms with E-state index in [1.807, 2.05) is 48.5 Å². The number of benzene rings is 3. The SMILES string of the molecule is COc1ccc(C2=NN3[C@H](C2)c2ccccc2O[C@@H]3c2ccc(Br)cc2)c(OC)c1. The predicted molar refractivity (Wildman–Crippen MR) is 119 cm³/mol. The Morgan fingerprint density at radius 2 is 1.80 bits per heavy atom. The van der Waals surface area contributed by atoms with Crippen molar-refractivity contribution < 1.29 is 14.2 Å². The summed E-state index contributed by atoms with van der Waals surface area (Å²) in [5.74, 6) is 2.42. The summed E-state index contributed by atoms with van der Waals surface area (Å²) in [6.45, 7) is 0. The fourth-order valence-electron chi connectivity index (χ4n) is 4.08. The molecule has 0 aromatic heterocycles. The zero-order valence-corrected chi connectivity index (χ0v) is 18.3. The molecular formula is C24H21BrN2O3. The lowest BCUT2D eigenvalue weighted by molar-refractivity contribution is -0.0190. The van der Waals surface area contributed by atoms with Crippen LogP contribution in [0.25, 0.3) is 0 Å². The van der Waals surface area contributed by atoms with Crippen LogP contribution in [-0.4, -0.2) is 24.9 Å². The van der Waals surface area contributed by atoms with Crippen LogP contribution in [0.5, 0.6) is 17.2 Å². The average Bonchev–Trinajstić information content (AvgIpc) is 3.24. The largest absolute Gasteiger partial charge is 0.497 e. The highest BCUT2D eigenvalue weighted by atomic mass is 79.9. The third-order valence-corrected chi connectivity index (χ3v) is 6.10. The van der Waals surface area contributed by atoms with Crippen molar-refractivity contribution in [2.24, 2.45) is 5.10 Å². The number of hydrogen-bond donors (Lipinski definition) is 0. The van der Waals surface area contributed by atoms with E-state index in [1.165, 1.54) is 0 Å². The highest BCUT2D eigenvalue weighted by Crippen LogP contribution is 2.48. The summed E-state index contributed by atoms with van der Waals surface area (Å²) in [4.78, 5) is 0. The van der Waals surface area contributed by atoms with Gasteiger partial charge in [0.05, 0.1) is 26.0 Å². The van der Waals surface area contributed by atoms with Crippen molar-refractivity contribution in [2.45, 2.75) is 18.7 Å². The monoisotopic (exact) mass is 464 g/mol. The lowest BCUT2D eigenvalue weighted by Crippen LogP contribution is -2.33. The zero-order chi connectivity index (χ0) is 20.7. The fourth-order valence-corrected chi connectivity index (χ4v) is 4.35. The molecule has 0 saturated carbocycles. The lowest BCUT2D eigenvalue weighted by Gasteiger charge is -2.38. The van der Waals surface area contributed by atoms with Gasteiger partial charge in [0.15, 0.2) is 0 Å². The number of rotatable bonds is 4. The van der Waals surface area contributed by atoms with Crippen molar-refractivity contribution in [1.29, 1.82) is 0 Å². The fraction of sp³-hybridized carbons (Fsp3) is 0.208. The Kier molecular flexibility index (Phi) is 4.87. The number of para-hydroxylation sites is 1. The molecule has 0 fully saturated rings. The Hall–Kier alpha value is -2.99. The van der Waals surface area contributed by atoms with Gasteiger partial charge in [-0.3, -0.25) is 0 Å². The van der Waals surface area contributed by atoms with Gasteiger partial charge in [0, 0.05) is 33.7 Å².